The highest BCUT2D eigenvalue weighted by molar-refractivity contribution is 5.90. The van der Waals surface area contributed by atoms with Crippen LogP contribution >= 0.6 is 0 Å². The molecule has 4 heteroatoms. The summed E-state index contributed by atoms with van der Waals surface area (Å²) in [5, 5.41) is 0. The average molecular weight is 237 g/mol. The number of hydrogen-bond acceptors (Lipinski definition) is 2. The zero-order valence-corrected chi connectivity index (χ0v) is 9.94. The van der Waals surface area contributed by atoms with Gasteiger partial charge in [0, 0.05) is 11.6 Å². The van der Waals surface area contributed by atoms with E-state index in [4.69, 9.17) is 4.84 Å². The minimum absolute atomic E-state index is 0.339. The summed E-state index contributed by atoms with van der Waals surface area (Å²) in [4.78, 5) is 16.2. The molecule has 0 heterocycles. The summed E-state index contributed by atoms with van der Waals surface area (Å²) in [6.07, 6.45) is 2.64. The summed E-state index contributed by atoms with van der Waals surface area (Å²) in [5.41, 5.74) is 2.62. The van der Waals surface area contributed by atoms with Crippen LogP contribution in [0.1, 0.15) is 19.4 Å². The Balaban J connectivity index is 2.43. The molecule has 0 saturated carbocycles. The van der Waals surface area contributed by atoms with Crippen molar-refractivity contribution in [3.8, 4) is 0 Å². The molecule has 0 unspecified atom stereocenters. The number of hydroxylamine groups is 1. The number of carbonyl (C=O) groups excluding carboxylic acids is 1. The number of rotatable bonds is 5. The topological polar surface area (TPSA) is 38.3 Å². The van der Waals surface area contributed by atoms with Gasteiger partial charge in [-0.25, -0.2) is 9.87 Å². The lowest BCUT2D eigenvalue weighted by molar-refractivity contribution is -0.129. The van der Waals surface area contributed by atoms with Gasteiger partial charge >= 0.3 is 0 Å². The van der Waals surface area contributed by atoms with Crippen LogP contribution in [0.5, 0.6) is 0 Å². The largest absolute Gasteiger partial charge is 0.273 e. The molecule has 1 amide bonds. The van der Waals surface area contributed by atoms with Gasteiger partial charge in [0.05, 0.1) is 6.61 Å². The Morgan fingerprint density at radius 1 is 1.47 bits per heavy atom. The minimum Gasteiger partial charge on any atom is -0.273 e. The summed E-state index contributed by atoms with van der Waals surface area (Å²) < 4.78 is 13.2. The first kappa shape index (κ1) is 13.4. The molecule has 0 spiro atoms. The maximum Gasteiger partial charge on any atom is 0.267 e. The summed E-state index contributed by atoms with van der Waals surface area (Å²) in [6, 6.07) is 6.23. The second-order valence-corrected chi connectivity index (χ2v) is 4.03. The van der Waals surface area contributed by atoms with Gasteiger partial charge in [-0.15, -0.1) is 0 Å². The Labute approximate surface area is 100 Å². The molecule has 0 aliphatic carbocycles. The predicted molar refractivity (Wildman–Crippen MR) is 64.4 cm³/mol. The molecule has 0 aromatic heterocycles. The second-order valence-electron chi connectivity index (χ2n) is 4.03. The van der Waals surface area contributed by atoms with E-state index in [1.807, 2.05) is 13.8 Å². The third-order valence-corrected chi connectivity index (χ3v) is 1.91. The van der Waals surface area contributed by atoms with Crippen molar-refractivity contribution in [1.82, 2.24) is 5.48 Å². The third-order valence-electron chi connectivity index (χ3n) is 1.91. The lowest BCUT2D eigenvalue weighted by Crippen LogP contribution is -2.23. The quantitative estimate of drug-likeness (QED) is 0.631. The van der Waals surface area contributed by atoms with Crippen LogP contribution in [0, 0.1) is 11.7 Å². The molecule has 1 aromatic rings. The number of halogens is 1. The molecule has 0 aliphatic rings. The highest BCUT2D eigenvalue weighted by Crippen LogP contribution is 2.07. The van der Waals surface area contributed by atoms with E-state index in [0.717, 1.165) is 0 Å². The van der Waals surface area contributed by atoms with Crippen LogP contribution in [0.3, 0.4) is 0 Å². The maximum absolute atomic E-state index is 13.2. The van der Waals surface area contributed by atoms with Gasteiger partial charge in [0.15, 0.2) is 0 Å². The average Bonchev–Trinajstić information content (AvgIpc) is 2.27. The van der Waals surface area contributed by atoms with Crippen LogP contribution in [0.4, 0.5) is 4.39 Å². The van der Waals surface area contributed by atoms with Crippen molar-refractivity contribution in [2.24, 2.45) is 5.92 Å². The smallest absolute Gasteiger partial charge is 0.267 e. The summed E-state index contributed by atoms with van der Waals surface area (Å²) >= 11 is 0. The minimum atomic E-state index is -0.408. The molecule has 1 N–H and O–H groups in total. The van der Waals surface area contributed by atoms with Crippen LogP contribution < -0.4 is 5.48 Å². The van der Waals surface area contributed by atoms with E-state index < -0.39 is 5.91 Å². The van der Waals surface area contributed by atoms with Crippen molar-refractivity contribution in [2.45, 2.75) is 13.8 Å². The normalized spacial score (nSPS) is 11.1. The molecule has 0 atom stereocenters. The molecular formula is C13H16FNO2. The van der Waals surface area contributed by atoms with Crippen LogP contribution in [0.25, 0.3) is 6.08 Å². The van der Waals surface area contributed by atoms with Gasteiger partial charge in [0.25, 0.3) is 5.91 Å². The molecule has 0 saturated heterocycles. The van der Waals surface area contributed by atoms with Crippen molar-refractivity contribution in [3.63, 3.8) is 0 Å². The van der Waals surface area contributed by atoms with Crippen molar-refractivity contribution in [3.05, 3.63) is 41.7 Å². The van der Waals surface area contributed by atoms with Gasteiger partial charge in [-0.2, -0.15) is 0 Å². The highest BCUT2D eigenvalue weighted by atomic mass is 19.1. The Morgan fingerprint density at radius 3 is 2.82 bits per heavy atom. The summed E-state index contributed by atoms with van der Waals surface area (Å²) in [7, 11) is 0. The molecule has 92 valence electrons. The Morgan fingerprint density at radius 2 is 2.18 bits per heavy atom. The first-order valence-electron chi connectivity index (χ1n) is 5.44. The maximum atomic E-state index is 13.2. The van der Waals surface area contributed by atoms with Crippen molar-refractivity contribution < 1.29 is 14.0 Å². The standard InChI is InChI=1S/C13H16FNO2/c1-10(2)9-17-15-13(16)8-7-11-5-3-4-6-12(11)14/h3-8,10H,9H2,1-2H3,(H,15,16)/b8-7+. The molecule has 0 radical (unpaired) electrons. The van der Waals surface area contributed by atoms with E-state index >= 15 is 0 Å². The van der Waals surface area contributed by atoms with E-state index in [-0.39, 0.29) is 5.82 Å². The Kier molecular flexibility index (Phi) is 5.36. The van der Waals surface area contributed by atoms with E-state index in [9.17, 15) is 9.18 Å². The number of amides is 1. The Hall–Kier alpha value is -1.68. The van der Waals surface area contributed by atoms with Crippen LogP contribution in [0.15, 0.2) is 30.3 Å². The molecule has 0 bridgehead atoms. The lowest BCUT2D eigenvalue weighted by atomic mass is 10.2. The van der Waals surface area contributed by atoms with Crippen molar-refractivity contribution in [1.29, 1.82) is 0 Å². The van der Waals surface area contributed by atoms with Crippen molar-refractivity contribution >= 4 is 12.0 Å². The fourth-order valence-corrected chi connectivity index (χ4v) is 1.09. The third kappa shape index (κ3) is 5.26. The first-order valence-corrected chi connectivity index (χ1v) is 5.44. The predicted octanol–water partition coefficient (Wildman–Crippen LogP) is 2.54. The molecular weight excluding hydrogens is 221 g/mol. The SMILES string of the molecule is CC(C)CONC(=O)/C=C/c1ccccc1F. The van der Waals surface area contributed by atoms with E-state index in [0.29, 0.717) is 18.1 Å². The van der Waals surface area contributed by atoms with E-state index in [2.05, 4.69) is 5.48 Å². The van der Waals surface area contributed by atoms with E-state index in [1.165, 1.54) is 18.2 Å². The summed E-state index contributed by atoms with van der Waals surface area (Å²) in [5.74, 6) is -0.431. The first-order chi connectivity index (χ1) is 8.09. The molecule has 17 heavy (non-hydrogen) atoms. The zero-order valence-electron chi connectivity index (χ0n) is 9.94. The van der Waals surface area contributed by atoms with Gasteiger partial charge < -0.3 is 0 Å². The molecule has 3 nitrogen and oxygen atoms in total. The number of hydrogen-bond donors (Lipinski definition) is 1. The van der Waals surface area contributed by atoms with Crippen LogP contribution in [-0.4, -0.2) is 12.5 Å². The monoisotopic (exact) mass is 237 g/mol. The number of carbonyl (C=O) groups is 1. The van der Waals surface area contributed by atoms with Gasteiger partial charge in [0.2, 0.25) is 0 Å². The fourth-order valence-electron chi connectivity index (χ4n) is 1.09. The molecule has 1 rings (SSSR count). The molecule has 1 aromatic carbocycles. The Bertz CT molecular complexity index is 402. The van der Waals surface area contributed by atoms with Gasteiger partial charge in [-0.05, 0) is 18.1 Å². The number of benzene rings is 1. The van der Waals surface area contributed by atoms with Crippen LogP contribution in [-0.2, 0) is 9.63 Å². The van der Waals surface area contributed by atoms with Gasteiger partial charge in [-0.1, -0.05) is 32.0 Å². The fraction of sp³-hybridized carbons (Fsp3) is 0.308. The van der Waals surface area contributed by atoms with Crippen molar-refractivity contribution in [2.75, 3.05) is 6.61 Å². The molecule has 0 fully saturated rings. The number of nitrogens with one attached hydrogen (secondary N) is 1. The zero-order chi connectivity index (χ0) is 12.7. The van der Waals surface area contributed by atoms with Gasteiger partial charge in [0.1, 0.15) is 5.82 Å². The van der Waals surface area contributed by atoms with Crippen LogP contribution in [0.2, 0.25) is 0 Å². The lowest BCUT2D eigenvalue weighted by Gasteiger charge is -2.05. The summed E-state index contributed by atoms with van der Waals surface area (Å²) in [6.45, 7) is 4.39. The second kappa shape index (κ2) is 6.81. The highest BCUT2D eigenvalue weighted by Gasteiger charge is 1.99. The van der Waals surface area contributed by atoms with E-state index in [1.54, 1.807) is 18.2 Å². The van der Waals surface area contributed by atoms with Gasteiger partial charge in [-0.3, -0.25) is 9.63 Å². The molecule has 0 aliphatic heterocycles.